The molecule has 1 aliphatic rings. The zero-order chi connectivity index (χ0) is 19.4. The Morgan fingerprint density at radius 1 is 1.00 bits per heavy atom. The van der Waals surface area contributed by atoms with Crippen molar-refractivity contribution in [1.29, 1.82) is 0 Å². The Morgan fingerprint density at radius 2 is 1.67 bits per heavy atom. The Bertz CT molecular complexity index is 867. The summed E-state index contributed by atoms with van der Waals surface area (Å²) in [5.74, 6) is 2.81. The molecule has 0 aliphatic carbocycles. The van der Waals surface area contributed by atoms with Crippen LogP contribution in [0.5, 0.6) is 0 Å². The summed E-state index contributed by atoms with van der Waals surface area (Å²) in [5.41, 5.74) is 0.961. The second-order valence-corrected chi connectivity index (χ2v) is 9.02. The number of hydrogen-bond donors (Lipinski definition) is 0. The second kappa shape index (κ2) is 8.25. The van der Waals surface area contributed by atoms with Crippen LogP contribution in [0.15, 0.2) is 36.4 Å². The molecule has 0 amide bonds. The summed E-state index contributed by atoms with van der Waals surface area (Å²) in [6.45, 7) is 8.68. The van der Waals surface area contributed by atoms with E-state index in [-0.39, 0.29) is 17.5 Å². The predicted octanol–water partition coefficient (Wildman–Crippen LogP) is 3.00. The number of anilines is 2. The molecule has 1 fully saturated rings. The van der Waals surface area contributed by atoms with E-state index in [0.717, 1.165) is 30.3 Å². The first-order chi connectivity index (χ1) is 13.0. The minimum atomic E-state index is -2.95. The first-order valence-corrected chi connectivity index (χ1v) is 11.5. The summed E-state index contributed by atoms with van der Waals surface area (Å²) in [4.78, 5) is 13.9. The second-order valence-electron chi connectivity index (χ2n) is 6.79. The van der Waals surface area contributed by atoms with Crippen molar-refractivity contribution in [3.8, 4) is 11.4 Å². The first-order valence-electron chi connectivity index (χ1n) is 9.64. The molecule has 1 aromatic heterocycles. The monoisotopic (exact) mass is 388 g/mol. The number of sulfone groups is 1. The lowest BCUT2D eigenvalue weighted by atomic mass is 10.2. The highest BCUT2D eigenvalue weighted by Crippen LogP contribution is 2.28. The van der Waals surface area contributed by atoms with Gasteiger partial charge in [-0.2, -0.15) is 0 Å². The molecule has 1 aliphatic heterocycles. The highest BCUT2D eigenvalue weighted by molar-refractivity contribution is 7.91. The molecule has 0 saturated carbocycles. The SMILES string of the molecule is CCN(CC)c1cc(N(CC)C2CCS(=O)(=O)C2)nc(-c2ccccc2)n1. The summed E-state index contributed by atoms with van der Waals surface area (Å²) in [6, 6.07) is 11.9. The van der Waals surface area contributed by atoms with Crippen LogP contribution >= 0.6 is 0 Å². The number of hydrogen-bond acceptors (Lipinski definition) is 6. The molecule has 146 valence electrons. The smallest absolute Gasteiger partial charge is 0.163 e. The highest BCUT2D eigenvalue weighted by Gasteiger charge is 2.32. The number of rotatable bonds is 7. The average molecular weight is 389 g/mol. The summed E-state index contributed by atoms with van der Waals surface area (Å²) in [7, 11) is -2.95. The number of benzene rings is 1. The normalized spacial score (nSPS) is 18.4. The van der Waals surface area contributed by atoms with Crippen molar-refractivity contribution in [1.82, 2.24) is 9.97 Å². The van der Waals surface area contributed by atoms with Crippen LogP contribution in [0.25, 0.3) is 11.4 Å². The molecule has 1 unspecified atom stereocenters. The topological polar surface area (TPSA) is 66.4 Å². The Kier molecular flexibility index (Phi) is 5.99. The molecular weight excluding hydrogens is 360 g/mol. The lowest BCUT2D eigenvalue weighted by Crippen LogP contribution is -2.37. The van der Waals surface area contributed by atoms with Gasteiger partial charge in [-0.1, -0.05) is 30.3 Å². The van der Waals surface area contributed by atoms with Crippen LogP contribution in [0.1, 0.15) is 27.2 Å². The highest BCUT2D eigenvalue weighted by atomic mass is 32.2. The van der Waals surface area contributed by atoms with E-state index < -0.39 is 9.84 Å². The van der Waals surface area contributed by atoms with E-state index in [2.05, 4.69) is 23.6 Å². The van der Waals surface area contributed by atoms with E-state index in [0.29, 0.717) is 18.8 Å². The Labute approximate surface area is 162 Å². The summed E-state index contributed by atoms with van der Waals surface area (Å²) in [5, 5.41) is 0. The van der Waals surface area contributed by atoms with Crippen molar-refractivity contribution in [3.05, 3.63) is 36.4 Å². The molecule has 0 N–H and O–H groups in total. The molecule has 7 heteroatoms. The van der Waals surface area contributed by atoms with Crippen LogP contribution in [0.3, 0.4) is 0 Å². The molecule has 0 spiro atoms. The van der Waals surface area contributed by atoms with E-state index in [1.54, 1.807) is 0 Å². The van der Waals surface area contributed by atoms with Gasteiger partial charge in [-0.25, -0.2) is 18.4 Å². The summed E-state index contributed by atoms with van der Waals surface area (Å²) >= 11 is 0. The van der Waals surface area contributed by atoms with Crippen molar-refractivity contribution in [2.75, 3.05) is 40.9 Å². The summed E-state index contributed by atoms with van der Waals surface area (Å²) < 4.78 is 24.0. The predicted molar refractivity (Wildman–Crippen MR) is 111 cm³/mol. The molecule has 2 heterocycles. The minimum Gasteiger partial charge on any atom is -0.357 e. The maximum atomic E-state index is 12.0. The molecular formula is C20H28N4O2S. The number of aromatic nitrogens is 2. The van der Waals surface area contributed by atoms with Gasteiger partial charge in [-0.3, -0.25) is 0 Å². The standard InChI is InChI=1S/C20H28N4O2S/c1-4-23(5-2)18-14-19(22-20(21-18)16-10-8-7-9-11-16)24(6-3)17-12-13-27(25,26)15-17/h7-11,14,17H,4-6,12-13,15H2,1-3H3. The van der Waals surface area contributed by atoms with Gasteiger partial charge in [0.25, 0.3) is 0 Å². The van der Waals surface area contributed by atoms with Gasteiger partial charge >= 0.3 is 0 Å². The van der Waals surface area contributed by atoms with Crippen molar-refractivity contribution in [3.63, 3.8) is 0 Å². The fourth-order valence-corrected chi connectivity index (χ4v) is 5.35. The molecule has 2 aromatic rings. The molecule has 0 radical (unpaired) electrons. The zero-order valence-electron chi connectivity index (χ0n) is 16.3. The van der Waals surface area contributed by atoms with E-state index in [1.165, 1.54) is 0 Å². The Hall–Kier alpha value is -2.15. The van der Waals surface area contributed by atoms with Gasteiger partial charge in [0.1, 0.15) is 11.6 Å². The third kappa shape index (κ3) is 4.40. The molecule has 1 atom stereocenters. The molecule has 0 bridgehead atoms. The van der Waals surface area contributed by atoms with E-state index in [4.69, 9.17) is 9.97 Å². The Morgan fingerprint density at radius 3 is 2.22 bits per heavy atom. The van der Waals surface area contributed by atoms with E-state index >= 15 is 0 Å². The van der Waals surface area contributed by atoms with Gasteiger partial charge in [0.05, 0.1) is 11.5 Å². The van der Waals surface area contributed by atoms with Gasteiger partial charge < -0.3 is 9.80 Å². The third-order valence-electron chi connectivity index (χ3n) is 5.10. The molecule has 1 aromatic carbocycles. The molecule has 1 saturated heterocycles. The van der Waals surface area contributed by atoms with Gasteiger partial charge in [0.2, 0.25) is 0 Å². The maximum Gasteiger partial charge on any atom is 0.163 e. The first kappa shape index (κ1) is 19.6. The van der Waals surface area contributed by atoms with Crippen molar-refractivity contribution >= 4 is 21.5 Å². The minimum absolute atomic E-state index is 0.0249. The molecule has 3 rings (SSSR count). The molecule has 6 nitrogen and oxygen atoms in total. The van der Waals surface area contributed by atoms with Crippen molar-refractivity contribution < 1.29 is 8.42 Å². The fourth-order valence-electron chi connectivity index (χ4n) is 3.62. The third-order valence-corrected chi connectivity index (χ3v) is 6.85. The largest absolute Gasteiger partial charge is 0.357 e. The summed E-state index contributed by atoms with van der Waals surface area (Å²) in [6.07, 6.45) is 0.654. The van der Waals surface area contributed by atoms with Crippen LogP contribution < -0.4 is 9.80 Å². The van der Waals surface area contributed by atoms with Crippen LogP contribution in [0, 0.1) is 0 Å². The maximum absolute atomic E-state index is 12.0. The van der Waals surface area contributed by atoms with Crippen molar-refractivity contribution in [2.24, 2.45) is 0 Å². The van der Waals surface area contributed by atoms with Gasteiger partial charge in [-0.05, 0) is 27.2 Å². The van der Waals surface area contributed by atoms with Gasteiger partial charge in [0.15, 0.2) is 15.7 Å². The van der Waals surface area contributed by atoms with E-state index in [1.807, 2.05) is 43.3 Å². The molecule has 27 heavy (non-hydrogen) atoms. The van der Waals surface area contributed by atoms with Crippen molar-refractivity contribution in [2.45, 2.75) is 33.2 Å². The van der Waals surface area contributed by atoms with Crippen LogP contribution in [-0.4, -0.2) is 55.6 Å². The van der Waals surface area contributed by atoms with Crippen LogP contribution in [0.2, 0.25) is 0 Å². The van der Waals surface area contributed by atoms with Crippen LogP contribution in [-0.2, 0) is 9.84 Å². The quantitative estimate of drug-likeness (QED) is 0.726. The number of nitrogens with zero attached hydrogens (tertiary/aromatic N) is 4. The Balaban J connectivity index is 2.06. The van der Waals surface area contributed by atoms with Gasteiger partial charge in [-0.15, -0.1) is 0 Å². The average Bonchev–Trinajstić information content (AvgIpc) is 3.03. The lowest BCUT2D eigenvalue weighted by molar-refractivity contribution is 0.599. The fraction of sp³-hybridized carbons (Fsp3) is 0.500. The lowest BCUT2D eigenvalue weighted by Gasteiger charge is -2.30. The van der Waals surface area contributed by atoms with Gasteiger partial charge in [0, 0.05) is 37.3 Å². The van der Waals surface area contributed by atoms with Crippen LogP contribution in [0.4, 0.5) is 11.6 Å². The van der Waals surface area contributed by atoms with E-state index in [9.17, 15) is 8.42 Å². The zero-order valence-corrected chi connectivity index (χ0v) is 17.1.